The molecule has 0 atom stereocenters. The summed E-state index contributed by atoms with van der Waals surface area (Å²) in [6, 6.07) is 0. The maximum absolute atomic E-state index is 5.91. The van der Waals surface area contributed by atoms with Crippen molar-refractivity contribution in [1.82, 2.24) is 19.4 Å². The van der Waals surface area contributed by atoms with Crippen molar-refractivity contribution < 1.29 is 0 Å². The van der Waals surface area contributed by atoms with Crippen LogP contribution in [0, 0.1) is 6.92 Å². The zero-order chi connectivity index (χ0) is 10.8. The van der Waals surface area contributed by atoms with E-state index in [9.17, 15) is 0 Å². The van der Waals surface area contributed by atoms with Gasteiger partial charge in [0.15, 0.2) is 0 Å². The summed E-state index contributed by atoms with van der Waals surface area (Å²) in [6.45, 7) is 2.51. The van der Waals surface area contributed by atoms with Gasteiger partial charge in [0.2, 0.25) is 0 Å². The second-order valence-electron chi connectivity index (χ2n) is 3.03. The van der Waals surface area contributed by atoms with Gasteiger partial charge in [0.05, 0.1) is 23.5 Å². The van der Waals surface area contributed by atoms with Crippen LogP contribution < -0.4 is 5.32 Å². The summed E-state index contributed by atoms with van der Waals surface area (Å²) < 4.78 is 5.69. The predicted molar refractivity (Wildman–Crippen MR) is 60.5 cm³/mol. The van der Waals surface area contributed by atoms with E-state index >= 15 is 0 Å². The summed E-state index contributed by atoms with van der Waals surface area (Å²) in [7, 11) is 1.85. The summed E-state index contributed by atoms with van der Waals surface area (Å²) in [6.07, 6.45) is 1.63. The van der Waals surface area contributed by atoms with E-state index in [-0.39, 0.29) is 0 Å². The molecule has 0 fully saturated rings. The fourth-order valence-electron chi connectivity index (χ4n) is 1.23. The van der Waals surface area contributed by atoms with Crippen molar-refractivity contribution in [3.63, 3.8) is 0 Å². The number of nitrogens with one attached hydrogen (secondary N) is 1. The Hall–Kier alpha value is -1.14. The topological polar surface area (TPSA) is 55.6 Å². The zero-order valence-corrected chi connectivity index (χ0v) is 9.93. The standard InChI is InChI=1S/C8H10ClN5S/c1-5-6(9)3-11-14(5)4-7-8(10-2)15-13-12-7/h3,10H,4H2,1-2H3. The van der Waals surface area contributed by atoms with Gasteiger partial charge in [-0.3, -0.25) is 4.68 Å². The third kappa shape index (κ3) is 1.95. The number of aromatic nitrogens is 4. The van der Waals surface area contributed by atoms with Crippen molar-refractivity contribution in [1.29, 1.82) is 0 Å². The monoisotopic (exact) mass is 243 g/mol. The van der Waals surface area contributed by atoms with Crippen LogP contribution in [0.5, 0.6) is 0 Å². The number of rotatable bonds is 3. The lowest BCUT2D eigenvalue weighted by atomic mass is 10.4. The molecule has 0 unspecified atom stereocenters. The largest absolute Gasteiger partial charge is 0.377 e. The average molecular weight is 244 g/mol. The van der Waals surface area contributed by atoms with Crippen LogP contribution in [0.15, 0.2) is 6.20 Å². The molecule has 0 aliphatic rings. The molecule has 0 amide bonds. The molecule has 2 heterocycles. The number of nitrogens with zero attached hydrogens (tertiary/aromatic N) is 4. The summed E-state index contributed by atoms with van der Waals surface area (Å²) in [5, 5.41) is 12.9. The number of hydrogen-bond acceptors (Lipinski definition) is 5. The van der Waals surface area contributed by atoms with Gasteiger partial charge in [0.25, 0.3) is 0 Å². The van der Waals surface area contributed by atoms with Crippen LogP contribution in [0.3, 0.4) is 0 Å². The fraction of sp³-hybridized carbons (Fsp3) is 0.375. The molecule has 0 saturated heterocycles. The van der Waals surface area contributed by atoms with Crippen molar-refractivity contribution in [2.45, 2.75) is 13.5 Å². The minimum atomic E-state index is 0.589. The highest BCUT2D eigenvalue weighted by atomic mass is 35.5. The van der Waals surface area contributed by atoms with Gasteiger partial charge in [-0.05, 0) is 6.92 Å². The van der Waals surface area contributed by atoms with Crippen molar-refractivity contribution >= 4 is 28.1 Å². The van der Waals surface area contributed by atoms with Gasteiger partial charge in [-0.15, -0.1) is 5.10 Å². The van der Waals surface area contributed by atoms with Crippen LogP contribution in [-0.2, 0) is 6.54 Å². The Balaban J connectivity index is 2.25. The molecule has 0 aliphatic carbocycles. The fourth-order valence-corrected chi connectivity index (χ4v) is 1.89. The summed E-state index contributed by atoms with van der Waals surface area (Å²) >= 11 is 7.25. The zero-order valence-electron chi connectivity index (χ0n) is 8.36. The Morgan fingerprint density at radius 2 is 2.40 bits per heavy atom. The minimum Gasteiger partial charge on any atom is -0.377 e. The molecule has 5 nitrogen and oxygen atoms in total. The van der Waals surface area contributed by atoms with Gasteiger partial charge in [0, 0.05) is 18.6 Å². The lowest BCUT2D eigenvalue weighted by Crippen LogP contribution is -2.05. The Bertz CT molecular complexity index is 463. The molecular weight excluding hydrogens is 234 g/mol. The van der Waals surface area contributed by atoms with Crippen molar-refractivity contribution in [2.24, 2.45) is 0 Å². The highest BCUT2D eigenvalue weighted by molar-refractivity contribution is 7.10. The molecule has 2 aromatic rings. The first kappa shape index (κ1) is 10.4. The maximum Gasteiger partial charge on any atom is 0.135 e. The van der Waals surface area contributed by atoms with E-state index in [0.29, 0.717) is 11.6 Å². The van der Waals surface area contributed by atoms with Gasteiger partial charge < -0.3 is 5.32 Å². The van der Waals surface area contributed by atoms with E-state index in [4.69, 9.17) is 11.6 Å². The van der Waals surface area contributed by atoms with E-state index in [0.717, 1.165) is 16.4 Å². The van der Waals surface area contributed by atoms with E-state index < -0.39 is 0 Å². The van der Waals surface area contributed by atoms with Crippen LogP contribution in [0.25, 0.3) is 0 Å². The predicted octanol–water partition coefficient (Wildman–Crippen LogP) is 1.79. The van der Waals surface area contributed by atoms with Crippen LogP contribution in [0.4, 0.5) is 5.00 Å². The molecule has 2 rings (SSSR count). The Morgan fingerprint density at radius 3 is 3.00 bits per heavy atom. The van der Waals surface area contributed by atoms with Crippen LogP contribution >= 0.6 is 23.1 Å². The molecule has 15 heavy (non-hydrogen) atoms. The lowest BCUT2D eigenvalue weighted by molar-refractivity contribution is 0.651. The van der Waals surface area contributed by atoms with Crippen molar-refractivity contribution in [2.75, 3.05) is 12.4 Å². The normalized spacial score (nSPS) is 10.6. The summed E-state index contributed by atoms with van der Waals surface area (Å²) in [5.74, 6) is 0. The first-order valence-corrected chi connectivity index (χ1v) is 5.54. The van der Waals surface area contributed by atoms with Gasteiger partial charge >= 0.3 is 0 Å². The van der Waals surface area contributed by atoms with Crippen LogP contribution in [0.2, 0.25) is 5.02 Å². The lowest BCUT2D eigenvalue weighted by Gasteiger charge is -2.03. The van der Waals surface area contributed by atoms with Gasteiger partial charge in [-0.1, -0.05) is 16.1 Å². The molecule has 0 spiro atoms. The average Bonchev–Trinajstić information content (AvgIpc) is 2.80. The third-order valence-corrected chi connectivity index (χ3v) is 3.28. The quantitative estimate of drug-likeness (QED) is 0.893. The number of halogens is 1. The minimum absolute atomic E-state index is 0.589. The van der Waals surface area contributed by atoms with E-state index in [1.807, 2.05) is 14.0 Å². The Morgan fingerprint density at radius 1 is 1.60 bits per heavy atom. The smallest absolute Gasteiger partial charge is 0.135 e. The van der Waals surface area contributed by atoms with Gasteiger partial charge in [0.1, 0.15) is 10.7 Å². The van der Waals surface area contributed by atoms with Crippen molar-refractivity contribution in [3.8, 4) is 0 Å². The first-order chi connectivity index (χ1) is 7.22. The van der Waals surface area contributed by atoms with E-state index in [1.54, 1.807) is 10.9 Å². The van der Waals surface area contributed by atoms with Crippen LogP contribution in [-0.4, -0.2) is 26.4 Å². The molecule has 1 N–H and O–H groups in total. The SMILES string of the molecule is CNc1snnc1Cn1ncc(Cl)c1C. The van der Waals surface area contributed by atoms with Gasteiger partial charge in [-0.25, -0.2) is 0 Å². The second-order valence-corrected chi connectivity index (χ2v) is 4.20. The van der Waals surface area contributed by atoms with E-state index in [1.165, 1.54) is 11.5 Å². The Labute approximate surface area is 96.2 Å². The molecule has 0 aliphatic heterocycles. The molecule has 0 bridgehead atoms. The first-order valence-electron chi connectivity index (χ1n) is 4.39. The number of anilines is 1. The highest BCUT2D eigenvalue weighted by Crippen LogP contribution is 2.20. The maximum atomic E-state index is 5.91. The molecular formula is C8H10ClN5S. The van der Waals surface area contributed by atoms with Crippen LogP contribution in [0.1, 0.15) is 11.4 Å². The highest BCUT2D eigenvalue weighted by Gasteiger charge is 2.10. The van der Waals surface area contributed by atoms with E-state index in [2.05, 4.69) is 20.0 Å². The third-order valence-electron chi connectivity index (χ3n) is 2.13. The number of hydrogen-bond donors (Lipinski definition) is 1. The second kappa shape index (κ2) is 4.16. The molecule has 7 heteroatoms. The van der Waals surface area contributed by atoms with Gasteiger partial charge in [-0.2, -0.15) is 5.10 Å². The Kier molecular flexibility index (Phi) is 2.88. The molecule has 80 valence electrons. The summed E-state index contributed by atoms with van der Waals surface area (Å²) in [4.78, 5) is 0. The molecule has 0 saturated carbocycles. The molecule has 0 aromatic carbocycles. The molecule has 2 aromatic heterocycles. The summed E-state index contributed by atoms with van der Waals surface area (Å²) in [5.41, 5.74) is 1.82. The van der Waals surface area contributed by atoms with Crippen molar-refractivity contribution in [3.05, 3.63) is 22.6 Å². The molecule has 0 radical (unpaired) electrons.